The summed E-state index contributed by atoms with van der Waals surface area (Å²) >= 11 is 2.22. The van der Waals surface area contributed by atoms with Crippen molar-refractivity contribution in [2.45, 2.75) is 19.8 Å². The van der Waals surface area contributed by atoms with Gasteiger partial charge in [-0.1, -0.05) is 42.0 Å². The maximum atomic E-state index is 11.9. The Balaban J connectivity index is 1.90. The molecule has 0 unspecified atom stereocenters. The number of halogens is 1. The molecule has 2 aromatic carbocycles. The smallest absolute Gasteiger partial charge is 0.224 e. The molecular formula is C16H16INO. The van der Waals surface area contributed by atoms with Crippen molar-refractivity contribution < 1.29 is 4.79 Å². The standard InChI is InChI=1S/C16H16INO/c1-12-5-4-6-13(11-12)9-10-16(19)18-15-8-3-2-7-14(15)17/h2-8,11H,9-10H2,1H3,(H,18,19). The van der Waals surface area contributed by atoms with Crippen LogP contribution in [0.2, 0.25) is 0 Å². The van der Waals surface area contributed by atoms with Crippen LogP contribution in [0.1, 0.15) is 17.5 Å². The molecule has 0 saturated carbocycles. The van der Waals surface area contributed by atoms with Gasteiger partial charge in [0.1, 0.15) is 0 Å². The van der Waals surface area contributed by atoms with E-state index < -0.39 is 0 Å². The van der Waals surface area contributed by atoms with E-state index in [2.05, 4.69) is 53.0 Å². The van der Waals surface area contributed by atoms with Crippen LogP contribution in [-0.4, -0.2) is 5.91 Å². The second-order valence-electron chi connectivity index (χ2n) is 4.52. The fraction of sp³-hybridized carbons (Fsp3) is 0.188. The molecule has 3 heteroatoms. The molecule has 2 nitrogen and oxygen atoms in total. The minimum Gasteiger partial charge on any atom is -0.325 e. The second-order valence-corrected chi connectivity index (χ2v) is 5.68. The maximum Gasteiger partial charge on any atom is 0.224 e. The minimum atomic E-state index is 0.0608. The quantitative estimate of drug-likeness (QED) is 0.810. The summed E-state index contributed by atoms with van der Waals surface area (Å²) in [6.07, 6.45) is 1.28. The molecule has 0 aliphatic rings. The number of aryl methyl sites for hydroxylation is 2. The second kappa shape index (κ2) is 6.70. The summed E-state index contributed by atoms with van der Waals surface area (Å²) in [5.41, 5.74) is 3.32. The highest BCUT2D eigenvalue weighted by Gasteiger charge is 2.05. The van der Waals surface area contributed by atoms with E-state index in [0.29, 0.717) is 6.42 Å². The number of benzene rings is 2. The van der Waals surface area contributed by atoms with Gasteiger partial charge in [0.15, 0.2) is 0 Å². The van der Waals surface area contributed by atoms with Crippen molar-refractivity contribution in [3.63, 3.8) is 0 Å². The summed E-state index contributed by atoms with van der Waals surface area (Å²) in [5, 5.41) is 2.95. The molecule has 1 amide bonds. The van der Waals surface area contributed by atoms with Gasteiger partial charge < -0.3 is 5.32 Å². The highest BCUT2D eigenvalue weighted by atomic mass is 127. The van der Waals surface area contributed by atoms with Crippen LogP contribution in [0.3, 0.4) is 0 Å². The largest absolute Gasteiger partial charge is 0.325 e. The zero-order valence-corrected chi connectivity index (χ0v) is 13.0. The Morgan fingerprint density at radius 3 is 2.68 bits per heavy atom. The van der Waals surface area contributed by atoms with Gasteiger partial charge in [-0.2, -0.15) is 0 Å². The predicted molar refractivity (Wildman–Crippen MR) is 87.3 cm³/mol. The van der Waals surface area contributed by atoms with Crippen molar-refractivity contribution >= 4 is 34.2 Å². The monoisotopic (exact) mass is 365 g/mol. The number of carbonyl (C=O) groups excluding carboxylic acids is 1. The highest BCUT2D eigenvalue weighted by Crippen LogP contribution is 2.17. The minimum absolute atomic E-state index is 0.0608. The average Bonchev–Trinajstić information content (AvgIpc) is 2.39. The van der Waals surface area contributed by atoms with Gasteiger partial charge in [0.2, 0.25) is 5.91 Å². The number of carbonyl (C=O) groups is 1. The maximum absolute atomic E-state index is 11.9. The Hall–Kier alpha value is -1.36. The van der Waals surface area contributed by atoms with Crippen LogP contribution in [0.15, 0.2) is 48.5 Å². The molecule has 1 N–H and O–H groups in total. The van der Waals surface area contributed by atoms with E-state index in [1.54, 1.807) is 0 Å². The Morgan fingerprint density at radius 1 is 1.16 bits per heavy atom. The van der Waals surface area contributed by atoms with Crippen LogP contribution >= 0.6 is 22.6 Å². The van der Waals surface area contributed by atoms with Gasteiger partial charge in [-0.15, -0.1) is 0 Å². The first-order valence-corrected chi connectivity index (χ1v) is 7.33. The lowest BCUT2D eigenvalue weighted by Gasteiger charge is -2.07. The van der Waals surface area contributed by atoms with E-state index in [0.717, 1.165) is 15.7 Å². The summed E-state index contributed by atoms with van der Waals surface area (Å²) in [4.78, 5) is 11.9. The van der Waals surface area contributed by atoms with E-state index in [1.807, 2.05) is 30.3 Å². The molecule has 0 aromatic heterocycles. The Kier molecular flexibility index (Phi) is 4.96. The van der Waals surface area contributed by atoms with Crippen molar-refractivity contribution in [2.75, 3.05) is 5.32 Å². The Morgan fingerprint density at radius 2 is 1.95 bits per heavy atom. The van der Waals surface area contributed by atoms with Gasteiger partial charge in [0.25, 0.3) is 0 Å². The highest BCUT2D eigenvalue weighted by molar-refractivity contribution is 14.1. The third kappa shape index (κ3) is 4.35. The number of para-hydroxylation sites is 1. The topological polar surface area (TPSA) is 29.1 Å². The molecule has 0 aliphatic carbocycles. The van der Waals surface area contributed by atoms with Gasteiger partial charge in [-0.3, -0.25) is 4.79 Å². The van der Waals surface area contributed by atoms with Crippen LogP contribution < -0.4 is 5.32 Å². The van der Waals surface area contributed by atoms with Crippen molar-refractivity contribution in [1.29, 1.82) is 0 Å². The van der Waals surface area contributed by atoms with Crippen molar-refractivity contribution in [3.05, 3.63) is 63.2 Å². The van der Waals surface area contributed by atoms with Gasteiger partial charge >= 0.3 is 0 Å². The molecule has 0 radical (unpaired) electrons. The fourth-order valence-electron chi connectivity index (χ4n) is 1.90. The third-order valence-corrected chi connectivity index (χ3v) is 3.81. The number of hydrogen-bond acceptors (Lipinski definition) is 1. The summed E-state index contributed by atoms with van der Waals surface area (Å²) in [7, 11) is 0. The molecule has 0 aliphatic heterocycles. The van der Waals surface area contributed by atoms with E-state index in [-0.39, 0.29) is 5.91 Å². The van der Waals surface area contributed by atoms with E-state index >= 15 is 0 Å². The predicted octanol–water partition coefficient (Wildman–Crippen LogP) is 4.17. The van der Waals surface area contributed by atoms with Crippen LogP contribution in [0.5, 0.6) is 0 Å². The van der Waals surface area contributed by atoms with E-state index in [4.69, 9.17) is 0 Å². The molecule has 98 valence electrons. The first-order valence-electron chi connectivity index (χ1n) is 6.25. The first kappa shape index (κ1) is 14.1. The number of rotatable bonds is 4. The molecule has 19 heavy (non-hydrogen) atoms. The number of anilines is 1. The third-order valence-electron chi connectivity index (χ3n) is 2.87. The van der Waals surface area contributed by atoms with Crippen LogP contribution in [-0.2, 0) is 11.2 Å². The van der Waals surface area contributed by atoms with Crippen LogP contribution in [0.25, 0.3) is 0 Å². The zero-order valence-electron chi connectivity index (χ0n) is 10.8. The molecule has 2 aromatic rings. The molecule has 0 bridgehead atoms. The molecule has 0 heterocycles. The van der Waals surface area contributed by atoms with Gasteiger partial charge in [0.05, 0.1) is 5.69 Å². The van der Waals surface area contributed by atoms with Gasteiger partial charge in [-0.25, -0.2) is 0 Å². The van der Waals surface area contributed by atoms with Crippen molar-refractivity contribution in [2.24, 2.45) is 0 Å². The number of nitrogens with one attached hydrogen (secondary N) is 1. The molecular weight excluding hydrogens is 349 g/mol. The SMILES string of the molecule is Cc1cccc(CCC(=O)Nc2ccccc2I)c1. The van der Waals surface area contributed by atoms with E-state index in [9.17, 15) is 4.79 Å². The lowest BCUT2D eigenvalue weighted by atomic mass is 10.1. The molecule has 0 atom stereocenters. The lowest BCUT2D eigenvalue weighted by Crippen LogP contribution is -2.13. The van der Waals surface area contributed by atoms with Gasteiger partial charge in [0, 0.05) is 9.99 Å². The summed E-state index contributed by atoms with van der Waals surface area (Å²) in [6, 6.07) is 16.1. The van der Waals surface area contributed by atoms with Gasteiger partial charge in [-0.05, 0) is 53.6 Å². The number of hydrogen-bond donors (Lipinski definition) is 1. The average molecular weight is 365 g/mol. The Labute approximate surface area is 127 Å². The molecule has 0 saturated heterocycles. The fourth-order valence-corrected chi connectivity index (χ4v) is 2.42. The summed E-state index contributed by atoms with van der Waals surface area (Å²) in [5.74, 6) is 0.0608. The molecule has 0 spiro atoms. The Bertz CT molecular complexity index is 580. The number of amides is 1. The van der Waals surface area contributed by atoms with Crippen LogP contribution in [0.4, 0.5) is 5.69 Å². The first-order chi connectivity index (χ1) is 9.15. The van der Waals surface area contributed by atoms with Crippen molar-refractivity contribution in [3.8, 4) is 0 Å². The normalized spacial score (nSPS) is 10.2. The summed E-state index contributed by atoms with van der Waals surface area (Å²) < 4.78 is 1.06. The summed E-state index contributed by atoms with van der Waals surface area (Å²) in [6.45, 7) is 2.07. The molecule has 2 rings (SSSR count). The zero-order chi connectivity index (χ0) is 13.7. The van der Waals surface area contributed by atoms with E-state index in [1.165, 1.54) is 11.1 Å². The van der Waals surface area contributed by atoms with Crippen LogP contribution in [0, 0.1) is 10.5 Å². The van der Waals surface area contributed by atoms with Crippen molar-refractivity contribution in [1.82, 2.24) is 0 Å². The lowest BCUT2D eigenvalue weighted by molar-refractivity contribution is -0.116. The molecule has 0 fully saturated rings.